The lowest BCUT2D eigenvalue weighted by Gasteiger charge is -2.32. The maximum absolute atomic E-state index is 12.4. The molecule has 0 spiro atoms. The largest absolute Gasteiger partial charge is 0.312 e. The third-order valence-electron chi connectivity index (χ3n) is 3.29. The van der Waals surface area contributed by atoms with E-state index < -0.39 is 14.7 Å². The van der Waals surface area contributed by atoms with Crippen molar-refractivity contribution in [2.75, 3.05) is 0 Å². The van der Waals surface area contributed by atoms with Gasteiger partial charge in [-0.1, -0.05) is 37.5 Å². The summed E-state index contributed by atoms with van der Waals surface area (Å²) >= 11 is 0. The van der Waals surface area contributed by atoms with Crippen molar-refractivity contribution in [3.63, 3.8) is 0 Å². The Hall–Kier alpha value is -0.870. The predicted octanol–water partition coefficient (Wildman–Crippen LogP) is 2.08. The van der Waals surface area contributed by atoms with Gasteiger partial charge in [0.15, 0.2) is 9.84 Å². The molecule has 0 unspecified atom stereocenters. The van der Waals surface area contributed by atoms with Gasteiger partial charge in [0.1, 0.15) is 4.87 Å². The molecule has 2 N–H and O–H groups in total. The van der Waals surface area contributed by atoms with Gasteiger partial charge < -0.3 is 5.73 Å². The molecule has 1 aromatic rings. The Labute approximate surface area is 96.6 Å². The molecule has 2 rings (SSSR count). The first kappa shape index (κ1) is 11.6. The molecule has 0 saturated heterocycles. The summed E-state index contributed by atoms with van der Waals surface area (Å²) in [6.45, 7) is 0. The van der Waals surface area contributed by atoms with Crippen LogP contribution in [0, 0.1) is 0 Å². The van der Waals surface area contributed by atoms with Crippen molar-refractivity contribution in [1.29, 1.82) is 0 Å². The molecule has 1 aliphatic rings. The molecule has 88 valence electrons. The molecular weight excluding hydrogens is 222 g/mol. The Morgan fingerprint density at radius 3 is 2.12 bits per heavy atom. The van der Waals surface area contributed by atoms with Crippen molar-refractivity contribution < 1.29 is 8.42 Å². The lowest BCUT2D eigenvalue weighted by atomic mass is 9.96. The van der Waals surface area contributed by atoms with Crippen LogP contribution in [-0.2, 0) is 9.84 Å². The van der Waals surface area contributed by atoms with Crippen molar-refractivity contribution >= 4 is 9.84 Å². The van der Waals surface area contributed by atoms with Gasteiger partial charge in [-0.25, -0.2) is 8.42 Å². The van der Waals surface area contributed by atoms with Crippen LogP contribution in [0.2, 0.25) is 0 Å². The lowest BCUT2D eigenvalue weighted by molar-refractivity contribution is 0.380. The molecule has 1 saturated carbocycles. The number of sulfone groups is 1. The standard InChI is InChI=1S/C12H17NO2S/c13-12(9-5-2-6-10-12)16(14,15)11-7-3-1-4-8-11/h1,3-4,7-8H,2,5-6,9-10,13H2. The second kappa shape index (κ2) is 4.18. The molecule has 0 aliphatic heterocycles. The summed E-state index contributed by atoms with van der Waals surface area (Å²) in [6, 6.07) is 8.53. The second-order valence-corrected chi connectivity index (χ2v) is 6.73. The van der Waals surface area contributed by atoms with Gasteiger partial charge in [0.05, 0.1) is 4.90 Å². The number of hydrogen-bond acceptors (Lipinski definition) is 3. The number of benzene rings is 1. The minimum absolute atomic E-state index is 0.347. The van der Waals surface area contributed by atoms with E-state index in [0.717, 1.165) is 19.3 Å². The van der Waals surface area contributed by atoms with E-state index in [1.165, 1.54) is 0 Å². The molecule has 3 nitrogen and oxygen atoms in total. The van der Waals surface area contributed by atoms with Gasteiger partial charge in [-0.15, -0.1) is 0 Å². The van der Waals surface area contributed by atoms with Gasteiger partial charge in [0.2, 0.25) is 0 Å². The summed E-state index contributed by atoms with van der Waals surface area (Å²) in [7, 11) is -3.38. The summed E-state index contributed by atoms with van der Waals surface area (Å²) in [5.74, 6) is 0. The molecule has 0 amide bonds. The maximum atomic E-state index is 12.4. The molecule has 16 heavy (non-hydrogen) atoms. The van der Waals surface area contributed by atoms with E-state index in [4.69, 9.17) is 5.73 Å². The van der Waals surface area contributed by atoms with E-state index in [9.17, 15) is 8.42 Å². The molecular formula is C12H17NO2S. The van der Waals surface area contributed by atoms with Gasteiger partial charge in [0, 0.05) is 0 Å². The fourth-order valence-electron chi connectivity index (χ4n) is 2.25. The van der Waals surface area contributed by atoms with E-state index >= 15 is 0 Å². The number of rotatable bonds is 2. The van der Waals surface area contributed by atoms with Crippen LogP contribution in [0.25, 0.3) is 0 Å². The summed E-state index contributed by atoms with van der Waals surface area (Å²) in [5.41, 5.74) is 6.08. The van der Waals surface area contributed by atoms with Crippen molar-refractivity contribution in [2.45, 2.75) is 41.9 Å². The van der Waals surface area contributed by atoms with Gasteiger partial charge in [0.25, 0.3) is 0 Å². The smallest absolute Gasteiger partial charge is 0.196 e. The second-order valence-electron chi connectivity index (χ2n) is 4.44. The summed E-state index contributed by atoms with van der Waals surface area (Å²) in [4.78, 5) is -0.702. The molecule has 0 heterocycles. The summed E-state index contributed by atoms with van der Waals surface area (Å²) < 4.78 is 24.8. The van der Waals surface area contributed by atoms with E-state index in [-0.39, 0.29) is 0 Å². The lowest BCUT2D eigenvalue weighted by Crippen LogP contribution is -2.49. The average Bonchev–Trinajstić information content (AvgIpc) is 2.31. The summed E-state index contributed by atoms with van der Waals surface area (Å²) in [5, 5.41) is 0. The van der Waals surface area contributed by atoms with E-state index in [1.54, 1.807) is 24.3 Å². The van der Waals surface area contributed by atoms with Crippen LogP contribution in [0.4, 0.5) is 0 Å². The zero-order valence-corrected chi connectivity index (χ0v) is 10.0. The molecule has 1 fully saturated rings. The third-order valence-corrected chi connectivity index (χ3v) is 5.66. The molecule has 1 aliphatic carbocycles. The minimum Gasteiger partial charge on any atom is -0.312 e. The average molecular weight is 239 g/mol. The van der Waals surface area contributed by atoms with Crippen molar-refractivity contribution in [3.8, 4) is 0 Å². The quantitative estimate of drug-likeness (QED) is 0.859. The van der Waals surface area contributed by atoms with E-state index in [1.807, 2.05) is 6.07 Å². The van der Waals surface area contributed by atoms with Gasteiger partial charge in [-0.05, 0) is 25.0 Å². The zero-order valence-electron chi connectivity index (χ0n) is 9.22. The molecule has 0 bridgehead atoms. The first-order valence-corrected chi connectivity index (χ1v) is 7.13. The summed E-state index contributed by atoms with van der Waals surface area (Å²) in [6.07, 6.45) is 4.04. The first-order valence-electron chi connectivity index (χ1n) is 5.65. The van der Waals surface area contributed by atoms with Crippen LogP contribution in [0.5, 0.6) is 0 Å². The fraction of sp³-hybridized carbons (Fsp3) is 0.500. The van der Waals surface area contributed by atoms with Crippen LogP contribution >= 0.6 is 0 Å². The van der Waals surface area contributed by atoms with Gasteiger partial charge in [-0.3, -0.25) is 0 Å². The fourth-order valence-corrected chi connectivity index (χ4v) is 4.06. The Morgan fingerprint density at radius 2 is 1.56 bits per heavy atom. The van der Waals surface area contributed by atoms with Crippen LogP contribution in [0.3, 0.4) is 0 Å². The van der Waals surface area contributed by atoms with Crippen LogP contribution in [-0.4, -0.2) is 13.3 Å². The molecule has 0 aromatic heterocycles. The van der Waals surface area contributed by atoms with Crippen LogP contribution < -0.4 is 5.73 Å². The van der Waals surface area contributed by atoms with Gasteiger partial charge in [-0.2, -0.15) is 0 Å². The highest BCUT2D eigenvalue weighted by atomic mass is 32.2. The molecule has 1 aromatic carbocycles. The topological polar surface area (TPSA) is 60.2 Å². The monoisotopic (exact) mass is 239 g/mol. The highest BCUT2D eigenvalue weighted by Gasteiger charge is 2.41. The first-order chi connectivity index (χ1) is 7.56. The normalized spacial score (nSPS) is 20.6. The Balaban J connectivity index is 2.39. The van der Waals surface area contributed by atoms with E-state index in [2.05, 4.69) is 0 Å². The highest BCUT2D eigenvalue weighted by molar-refractivity contribution is 7.92. The zero-order chi connectivity index (χ0) is 11.6. The Bertz CT molecular complexity index is 447. The molecule has 0 atom stereocenters. The van der Waals surface area contributed by atoms with Crippen LogP contribution in [0.15, 0.2) is 35.2 Å². The SMILES string of the molecule is NC1(S(=O)(=O)c2ccccc2)CCCCC1. The predicted molar refractivity (Wildman–Crippen MR) is 63.6 cm³/mol. The van der Waals surface area contributed by atoms with Crippen molar-refractivity contribution in [3.05, 3.63) is 30.3 Å². The molecule has 4 heteroatoms. The van der Waals surface area contributed by atoms with Crippen LogP contribution in [0.1, 0.15) is 32.1 Å². The van der Waals surface area contributed by atoms with Gasteiger partial charge >= 0.3 is 0 Å². The Morgan fingerprint density at radius 1 is 1.00 bits per heavy atom. The van der Waals surface area contributed by atoms with Crippen molar-refractivity contribution in [1.82, 2.24) is 0 Å². The number of nitrogens with two attached hydrogens (primary N) is 1. The van der Waals surface area contributed by atoms with E-state index in [0.29, 0.717) is 17.7 Å². The highest BCUT2D eigenvalue weighted by Crippen LogP contribution is 2.34. The van der Waals surface area contributed by atoms with Crippen molar-refractivity contribution in [2.24, 2.45) is 5.73 Å². The minimum atomic E-state index is -3.38. The Kier molecular flexibility index (Phi) is 3.04. The maximum Gasteiger partial charge on any atom is 0.196 e. The number of hydrogen-bond donors (Lipinski definition) is 1. The third kappa shape index (κ3) is 1.87. The molecule has 0 radical (unpaired) electrons.